The Bertz CT molecular complexity index is 1110. The van der Waals surface area contributed by atoms with Crippen LogP contribution >= 0.6 is 24.0 Å². The Labute approximate surface area is 197 Å². The van der Waals surface area contributed by atoms with Crippen molar-refractivity contribution >= 4 is 58.3 Å². The number of nitrogens with zero attached hydrogens (tertiary/aromatic N) is 3. The van der Waals surface area contributed by atoms with E-state index in [0.29, 0.717) is 33.5 Å². The SMILES string of the molecule is CN(C)[C@H]1CC[C@H](C(=O)N(c2ccc(Cl)cn2)c2c(C(N)=O)oc3ccccc23)CC1.Cl. The number of halogens is 2. The number of nitrogens with two attached hydrogens (primary N) is 1. The molecule has 0 spiro atoms. The number of pyridine rings is 1. The first-order valence-electron chi connectivity index (χ1n) is 10.3. The number of primary amides is 1. The van der Waals surface area contributed by atoms with E-state index >= 15 is 0 Å². The molecule has 7 nitrogen and oxygen atoms in total. The molecule has 9 heteroatoms. The second-order valence-electron chi connectivity index (χ2n) is 8.12. The molecule has 0 aliphatic heterocycles. The quantitative estimate of drug-likeness (QED) is 0.571. The Morgan fingerprint density at radius 2 is 1.78 bits per heavy atom. The zero-order valence-corrected chi connectivity index (χ0v) is 19.5. The van der Waals surface area contributed by atoms with Crippen LogP contribution in [0, 0.1) is 5.92 Å². The van der Waals surface area contributed by atoms with Gasteiger partial charge in [0.25, 0.3) is 5.91 Å². The van der Waals surface area contributed by atoms with Crippen molar-refractivity contribution in [1.82, 2.24) is 9.88 Å². The predicted octanol–water partition coefficient (Wildman–Crippen LogP) is 4.79. The average Bonchev–Trinajstić information content (AvgIpc) is 3.15. The number of furan rings is 1. The molecule has 1 aliphatic carbocycles. The van der Waals surface area contributed by atoms with E-state index in [1.54, 1.807) is 30.3 Å². The summed E-state index contributed by atoms with van der Waals surface area (Å²) in [5.74, 6) is -0.745. The second-order valence-corrected chi connectivity index (χ2v) is 8.55. The summed E-state index contributed by atoms with van der Waals surface area (Å²) in [5, 5.41) is 1.08. The molecular weight excluding hydrogens is 451 g/mol. The van der Waals surface area contributed by atoms with Gasteiger partial charge in [-0.25, -0.2) is 4.98 Å². The molecule has 0 unspecified atom stereocenters. The maximum absolute atomic E-state index is 13.8. The number of carbonyl (C=O) groups is 2. The van der Waals surface area contributed by atoms with E-state index in [4.69, 9.17) is 21.8 Å². The lowest BCUT2D eigenvalue weighted by molar-refractivity contribution is -0.122. The van der Waals surface area contributed by atoms with Crippen molar-refractivity contribution in [3.63, 3.8) is 0 Å². The van der Waals surface area contributed by atoms with Crippen molar-refractivity contribution in [2.75, 3.05) is 19.0 Å². The summed E-state index contributed by atoms with van der Waals surface area (Å²) < 4.78 is 5.74. The number of hydrogen-bond donors (Lipinski definition) is 1. The summed E-state index contributed by atoms with van der Waals surface area (Å²) in [6, 6.07) is 11.0. The highest BCUT2D eigenvalue weighted by atomic mass is 35.5. The van der Waals surface area contributed by atoms with Gasteiger partial charge in [-0.2, -0.15) is 0 Å². The van der Waals surface area contributed by atoms with Gasteiger partial charge in [0.2, 0.25) is 11.7 Å². The minimum atomic E-state index is -0.741. The molecule has 1 aliphatic rings. The van der Waals surface area contributed by atoms with Crippen LogP contribution in [0.4, 0.5) is 11.5 Å². The number of anilines is 2. The van der Waals surface area contributed by atoms with Crippen LogP contribution in [-0.4, -0.2) is 41.8 Å². The van der Waals surface area contributed by atoms with Crippen molar-refractivity contribution in [3.05, 3.63) is 53.4 Å². The third-order valence-electron chi connectivity index (χ3n) is 5.95. The van der Waals surface area contributed by atoms with Gasteiger partial charge in [-0.15, -0.1) is 12.4 Å². The first-order valence-corrected chi connectivity index (χ1v) is 10.7. The predicted molar refractivity (Wildman–Crippen MR) is 128 cm³/mol. The fourth-order valence-corrected chi connectivity index (χ4v) is 4.39. The topological polar surface area (TPSA) is 92.7 Å². The Balaban J connectivity index is 0.00000289. The van der Waals surface area contributed by atoms with Crippen molar-refractivity contribution in [3.8, 4) is 0 Å². The number of rotatable bonds is 5. The maximum atomic E-state index is 13.8. The van der Waals surface area contributed by atoms with Gasteiger partial charge in [-0.3, -0.25) is 14.5 Å². The third-order valence-corrected chi connectivity index (χ3v) is 6.18. The van der Waals surface area contributed by atoms with Crippen LogP contribution in [0.2, 0.25) is 5.02 Å². The molecule has 4 rings (SSSR count). The number of aromatic nitrogens is 1. The molecule has 1 fully saturated rings. The fourth-order valence-electron chi connectivity index (χ4n) is 4.28. The van der Waals surface area contributed by atoms with Crippen LogP contribution in [0.15, 0.2) is 47.0 Å². The van der Waals surface area contributed by atoms with E-state index < -0.39 is 5.91 Å². The highest BCUT2D eigenvalue weighted by Gasteiger charge is 2.35. The van der Waals surface area contributed by atoms with E-state index in [9.17, 15) is 9.59 Å². The first kappa shape index (κ1) is 24.0. The van der Waals surface area contributed by atoms with Gasteiger partial charge in [0.15, 0.2) is 0 Å². The van der Waals surface area contributed by atoms with E-state index in [1.807, 2.05) is 6.07 Å². The van der Waals surface area contributed by atoms with Crippen LogP contribution in [0.3, 0.4) is 0 Å². The smallest absolute Gasteiger partial charge is 0.286 e. The van der Waals surface area contributed by atoms with E-state index in [1.165, 1.54) is 11.1 Å². The molecule has 0 atom stereocenters. The summed E-state index contributed by atoms with van der Waals surface area (Å²) in [4.78, 5) is 34.1. The standard InChI is InChI=1S/C23H25ClN4O3.ClH/c1-27(2)16-10-7-14(8-11-16)23(30)28(19-12-9-15(24)13-26-19)20-17-5-3-4-6-18(17)31-21(20)22(25)29;/h3-6,9,12-14,16H,7-8,10-11H2,1-2H3,(H2,25,29);1H/t14-,16-;. The largest absolute Gasteiger partial charge is 0.449 e. The van der Waals surface area contributed by atoms with Crippen LogP contribution in [-0.2, 0) is 4.79 Å². The molecule has 2 aromatic heterocycles. The Kier molecular flexibility index (Phi) is 7.44. The van der Waals surface area contributed by atoms with Gasteiger partial charge < -0.3 is 15.1 Å². The number of benzene rings is 1. The third kappa shape index (κ3) is 4.60. The minimum absolute atomic E-state index is 0. The zero-order valence-electron chi connectivity index (χ0n) is 18.0. The maximum Gasteiger partial charge on any atom is 0.286 e. The Morgan fingerprint density at radius 1 is 1.09 bits per heavy atom. The lowest BCUT2D eigenvalue weighted by Crippen LogP contribution is -2.39. The lowest BCUT2D eigenvalue weighted by Gasteiger charge is -2.34. The zero-order chi connectivity index (χ0) is 22.1. The molecule has 2 N–H and O–H groups in total. The summed E-state index contributed by atoms with van der Waals surface area (Å²) in [7, 11) is 4.13. The van der Waals surface area contributed by atoms with Crippen LogP contribution in [0.1, 0.15) is 36.2 Å². The molecule has 1 aromatic carbocycles. The number of amides is 2. The molecule has 32 heavy (non-hydrogen) atoms. The highest BCUT2D eigenvalue weighted by molar-refractivity contribution is 6.30. The van der Waals surface area contributed by atoms with Crippen molar-refractivity contribution in [1.29, 1.82) is 0 Å². The Morgan fingerprint density at radius 3 is 2.38 bits per heavy atom. The second kappa shape index (κ2) is 9.90. The molecule has 0 bridgehead atoms. The number of fused-ring (bicyclic) bond motifs is 1. The molecule has 3 aromatic rings. The van der Waals surface area contributed by atoms with Gasteiger partial charge in [0.05, 0.1) is 5.02 Å². The molecule has 2 amide bonds. The van der Waals surface area contributed by atoms with Gasteiger partial charge in [0.1, 0.15) is 17.1 Å². The lowest BCUT2D eigenvalue weighted by atomic mass is 9.84. The molecule has 170 valence electrons. The molecule has 0 radical (unpaired) electrons. The summed E-state index contributed by atoms with van der Waals surface area (Å²) in [6.45, 7) is 0. The average molecular weight is 477 g/mol. The molecule has 2 heterocycles. The van der Waals surface area contributed by atoms with Crippen molar-refractivity contribution < 1.29 is 14.0 Å². The van der Waals surface area contributed by atoms with Gasteiger partial charge >= 0.3 is 0 Å². The van der Waals surface area contributed by atoms with Crippen molar-refractivity contribution in [2.45, 2.75) is 31.7 Å². The van der Waals surface area contributed by atoms with E-state index in [0.717, 1.165) is 25.7 Å². The number of carbonyl (C=O) groups excluding carboxylic acids is 2. The van der Waals surface area contributed by atoms with Gasteiger partial charge in [-0.05, 0) is 64.0 Å². The summed E-state index contributed by atoms with van der Waals surface area (Å²) in [5.41, 5.74) is 6.44. The Hall–Kier alpha value is -2.61. The van der Waals surface area contributed by atoms with Crippen LogP contribution in [0.5, 0.6) is 0 Å². The van der Waals surface area contributed by atoms with Crippen LogP contribution < -0.4 is 10.6 Å². The van der Waals surface area contributed by atoms with Gasteiger partial charge in [0, 0.05) is 23.5 Å². The van der Waals surface area contributed by atoms with Gasteiger partial charge in [-0.1, -0.05) is 23.7 Å². The summed E-state index contributed by atoms with van der Waals surface area (Å²) in [6.07, 6.45) is 4.85. The fraction of sp³-hybridized carbons (Fsp3) is 0.348. The summed E-state index contributed by atoms with van der Waals surface area (Å²) >= 11 is 6.03. The van der Waals surface area contributed by atoms with E-state index in [-0.39, 0.29) is 30.0 Å². The number of para-hydroxylation sites is 1. The normalized spacial score (nSPS) is 18.4. The molecule has 1 saturated carbocycles. The minimum Gasteiger partial charge on any atom is -0.449 e. The van der Waals surface area contributed by atoms with Crippen molar-refractivity contribution in [2.24, 2.45) is 11.7 Å². The van der Waals surface area contributed by atoms with Crippen LogP contribution in [0.25, 0.3) is 11.0 Å². The monoisotopic (exact) mass is 476 g/mol. The molecule has 0 saturated heterocycles. The highest BCUT2D eigenvalue weighted by Crippen LogP contribution is 2.40. The van der Waals surface area contributed by atoms with E-state index in [2.05, 4.69) is 24.0 Å². The number of hydrogen-bond acceptors (Lipinski definition) is 5. The molecular formula is C23H26Cl2N4O3. The first-order chi connectivity index (χ1) is 14.9.